The Labute approximate surface area is 225 Å². The third kappa shape index (κ3) is 13.3. The van der Waals surface area contributed by atoms with Gasteiger partial charge < -0.3 is 48.1 Å². The van der Waals surface area contributed by atoms with E-state index in [0.29, 0.717) is 84.2 Å². The number of phenols is 1. The fraction of sp³-hybridized carbons (Fsp3) is 0.571. The van der Waals surface area contributed by atoms with Crippen LogP contribution in [0.15, 0.2) is 36.4 Å². The van der Waals surface area contributed by atoms with Crippen LogP contribution in [0.3, 0.4) is 0 Å². The zero-order chi connectivity index (χ0) is 27.3. The minimum absolute atomic E-state index is 0.0179. The summed E-state index contributed by atoms with van der Waals surface area (Å²) in [5.74, 6) is 1.65. The highest BCUT2D eigenvalue weighted by Gasteiger charge is 2.13. The van der Waals surface area contributed by atoms with E-state index in [1.54, 1.807) is 13.2 Å². The number of rotatable bonds is 23. The first-order valence-electron chi connectivity index (χ1n) is 12.8. The number of aromatic hydroxyl groups is 1. The second-order valence-electron chi connectivity index (χ2n) is 8.13. The number of hydrogen-bond donors (Lipinski definition) is 2. The van der Waals surface area contributed by atoms with Crippen molar-refractivity contribution in [2.75, 3.05) is 93.5 Å². The highest BCUT2D eigenvalue weighted by Crippen LogP contribution is 2.38. The quantitative estimate of drug-likeness (QED) is 0.205. The molecule has 0 saturated carbocycles. The van der Waals surface area contributed by atoms with Crippen LogP contribution in [0.4, 0.5) is 0 Å². The van der Waals surface area contributed by atoms with Crippen LogP contribution in [-0.4, -0.2) is 104 Å². The number of aliphatic hydroxyl groups excluding tert-OH is 1. The molecular formula is C28H42O10. The first kappa shape index (κ1) is 31.6. The summed E-state index contributed by atoms with van der Waals surface area (Å²) < 4.78 is 43.3. The van der Waals surface area contributed by atoms with E-state index in [4.69, 9.17) is 43.0 Å². The number of hydrogen-bond acceptors (Lipinski definition) is 10. The summed E-state index contributed by atoms with van der Waals surface area (Å²) in [7, 11) is 3.15. The molecule has 2 N–H and O–H groups in total. The fourth-order valence-electron chi connectivity index (χ4n) is 3.47. The van der Waals surface area contributed by atoms with Gasteiger partial charge in [-0.15, -0.1) is 0 Å². The van der Waals surface area contributed by atoms with E-state index in [1.165, 1.54) is 7.11 Å². The molecule has 2 aromatic rings. The summed E-state index contributed by atoms with van der Waals surface area (Å²) in [6.45, 7) is 4.77. The van der Waals surface area contributed by atoms with Gasteiger partial charge in [-0.05, 0) is 48.2 Å². The molecule has 10 heteroatoms. The third-order valence-corrected chi connectivity index (χ3v) is 5.34. The molecule has 0 bridgehead atoms. The van der Waals surface area contributed by atoms with E-state index in [0.717, 1.165) is 29.7 Å². The molecule has 0 aliphatic carbocycles. The molecule has 0 saturated heterocycles. The first-order valence-corrected chi connectivity index (χ1v) is 12.8. The van der Waals surface area contributed by atoms with E-state index in [2.05, 4.69) is 0 Å². The van der Waals surface area contributed by atoms with Crippen molar-refractivity contribution in [1.29, 1.82) is 0 Å². The summed E-state index contributed by atoms with van der Waals surface area (Å²) in [6.07, 6.45) is 1.53. The molecule has 0 radical (unpaired) electrons. The van der Waals surface area contributed by atoms with Gasteiger partial charge in [-0.1, -0.05) is 12.1 Å². The van der Waals surface area contributed by atoms with E-state index < -0.39 is 0 Å². The fourth-order valence-corrected chi connectivity index (χ4v) is 3.47. The molecule has 0 atom stereocenters. The molecule has 0 amide bonds. The zero-order valence-electron chi connectivity index (χ0n) is 22.5. The lowest BCUT2D eigenvalue weighted by atomic mass is 10.0. The average Bonchev–Trinajstić information content (AvgIpc) is 2.93. The van der Waals surface area contributed by atoms with Crippen LogP contribution in [0.5, 0.6) is 23.0 Å². The standard InChI is InChI=1S/C28H42O10/c1-31-25-5-3-4-23(20-25)6-7-24-21-26(30)28(32-2)27(22-24)38-19-18-37-17-16-36-15-14-35-13-12-34-11-10-33-9-8-29/h3-5,20-22,29-30H,6-19H2,1-2H3. The Balaban J connectivity index is 1.56. The van der Waals surface area contributed by atoms with Crippen molar-refractivity contribution in [3.63, 3.8) is 0 Å². The lowest BCUT2D eigenvalue weighted by Crippen LogP contribution is -2.14. The number of aliphatic hydroxyl groups is 1. The maximum Gasteiger partial charge on any atom is 0.203 e. The summed E-state index contributed by atoms with van der Waals surface area (Å²) in [5, 5.41) is 19.0. The molecule has 2 rings (SSSR count). The van der Waals surface area contributed by atoms with Gasteiger partial charge in [-0.3, -0.25) is 0 Å². The molecule has 0 heterocycles. The predicted molar refractivity (Wildman–Crippen MR) is 142 cm³/mol. The molecular weight excluding hydrogens is 496 g/mol. The van der Waals surface area contributed by atoms with Crippen LogP contribution in [0.2, 0.25) is 0 Å². The zero-order valence-corrected chi connectivity index (χ0v) is 22.5. The maximum absolute atomic E-state index is 10.4. The van der Waals surface area contributed by atoms with Crippen molar-refractivity contribution in [1.82, 2.24) is 0 Å². The largest absolute Gasteiger partial charge is 0.504 e. The Hall–Kier alpha value is -2.60. The number of phenolic OH excluding ortho intramolecular Hbond substituents is 1. The smallest absolute Gasteiger partial charge is 0.203 e. The second-order valence-corrected chi connectivity index (χ2v) is 8.13. The summed E-state index contributed by atoms with van der Waals surface area (Å²) in [4.78, 5) is 0. The Morgan fingerprint density at radius 1 is 0.605 bits per heavy atom. The number of aryl methyl sites for hydroxylation is 2. The molecule has 0 spiro atoms. The van der Waals surface area contributed by atoms with E-state index >= 15 is 0 Å². The van der Waals surface area contributed by atoms with E-state index in [9.17, 15) is 5.11 Å². The molecule has 2 aromatic carbocycles. The van der Waals surface area contributed by atoms with E-state index in [-0.39, 0.29) is 12.4 Å². The van der Waals surface area contributed by atoms with Gasteiger partial charge in [0, 0.05) is 0 Å². The first-order chi connectivity index (χ1) is 18.7. The van der Waals surface area contributed by atoms with Crippen LogP contribution >= 0.6 is 0 Å². The molecule has 214 valence electrons. The topological polar surface area (TPSA) is 114 Å². The SMILES string of the molecule is COc1cccc(CCc2cc(O)c(OC)c(OCCOCCOCCOCCOCCOCCO)c2)c1. The van der Waals surface area contributed by atoms with Gasteiger partial charge in [0.15, 0.2) is 11.5 Å². The van der Waals surface area contributed by atoms with Crippen LogP contribution in [0.25, 0.3) is 0 Å². The maximum atomic E-state index is 10.4. The lowest BCUT2D eigenvalue weighted by molar-refractivity contribution is -0.0147. The minimum atomic E-state index is 0.0179. The average molecular weight is 539 g/mol. The monoisotopic (exact) mass is 538 g/mol. The van der Waals surface area contributed by atoms with Crippen molar-refractivity contribution in [2.45, 2.75) is 12.8 Å². The summed E-state index contributed by atoms with van der Waals surface area (Å²) in [5.41, 5.74) is 2.09. The summed E-state index contributed by atoms with van der Waals surface area (Å²) >= 11 is 0. The number of ether oxygens (including phenoxy) is 8. The van der Waals surface area contributed by atoms with Crippen LogP contribution in [0, 0.1) is 0 Å². The van der Waals surface area contributed by atoms with Gasteiger partial charge in [0.05, 0.1) is 86.9 Å². The molecule has 0 aliphatic heterocycles. The molecule has 10 nitrogen and oxygen atoms in total. The highest BCUT2D eigenvalue weighted by atomic mass is 16.6. The predicted octanol–water partition coefficient (Wildman–Crippen LogP) is 2.65. The molecule has 0 unspecified atom stereocenters. The van der Waals surface area contributed by atoms with Crippen LogP contribution in [0.1, 0.15) is 11.1 Å². The second kappa shape index (κ2) is 20.4. The van der Waals surface area contributed by atoms with Crippen molar-refractivity contribution >= 4 is 0 Å². The van der Waals surface area contributed by atoms with Gasteiger partial charge >= 0.3 is 0 Å². The van der Waals surface area contributed by atoms with Crippen molar-refractivity contribution in [3.05, 3.63) is 47.5 Å². The van der Waals surface area contributed by atoms with Crippen LogP contribution < -0.4 is 14.2 Å². The minimum Gasteiger partial charge on any atom is -0.504 e. The van der Waals surface area contributed by atoms with Crippen LogP contribution in [-0.2, 0) is 36.5 Å². The van der Waals surface area contributed by atoms with Gasteiger partial charge in [0.2, 0.25) is 5.75 Å². The molecule has 0 aromatic heterocycles. The van der Waals surface area contributed by atoms with Crippen molar-refractivity contribution in [3.8, 4) is 23.0 Å². The number of methoxy groups -OCH3 is 2. The Morgan fingerprint density at radius 2 is 1.16 bits per heavy atom. The number of benzene rings is 2. The molecule has 0 aliphatic rings. The van der Waals surface area contributed by atoms with Gasteiger partial charge in [-0.25, -0.2) is 0 Å². The normalized spacial score (nSPS) is 11.0. The highest BCUT2D eigenvalue weighted by molar-refractivity contribution is 5.53. The van der Waals surface area contributed by atoms with Gasteiger partial charge in [0.1, 0.15) is 12.4 Å². The Kier molecular flexibility index (Phi) is 17.0. The Bertz CT molecular complexity index is 877. The van der Waals surface area contributed by atoms with Gasteiger partial charge in [-0.2, -0.15) is 0 Å². The molecule has 38 heavy (non-hydrogen) atoms. The van der Waals surface area contributed by atoms with E-state index in [1.807, 2.05) is 30.3 Å². The lowest BCUT2D eigenvalue weighted by Gasteiger charge is -2.14. The molecule has 0 fully saturated rings. The van der Waals surface area contributed by atoms with Crippen molar-refractivity contribution < 1.29 is 48.1 Å². The third-order valence-electron chi connectivity index (χ3n) is 5.34. The van der Waals surface area contributed by atoms with Crippen molar-refractivity contribution in [2.24, 2.45) is 0 Å². The Morgan fingerprint density at radius 3 is 1.71 bits per heavy atom. The summed E-state index contributed by atoms with van der Waals surface area (Å²) in [6, 6.07) is 11.5. The van der Waals surface area contributed by atoms with Gasteiger partial charge in [0.25, 0.3) is 0 Å².